The summed E-state index contributed by atoms with van der Waals surface area (Å²) in [7, 11) is -0.542. The SMILES string of the molecule is c1ccc(-p2cc(-c3ccc4ccccc4c3)cc2-c2ccc3ccccc3c2)cc1. The molecule has 0 aliphatic heterocycles. The van der Waals surface area contributed by atoms with E-state index in [0.29, 0.717) is 0 Å². The summed E-state index contributed by atoms with van der Waals surface area (Å²) in [4.78, 5) is 0. The largest absolute Gasteiger partial charge is 0.0847 e. The van der Waals surface area contributed by atoms with Gasteiger partial charge < -0.3 is 0 Å². The molecule has 1 heterocycles. The smallest absolute Gasteiger partial charge is 0.00629 e. The lowest BCUT2D eigenvalue weighted by molar-refractivity contribution is 1.70. The molecule has 1 aromatic heterocycles. The number of hydrogen-bond acceptors (Lipinski definition) is 0. The average molecular weight is 412 g/mol. The van der Waals surface area contributed by atoms with Gasteiger partial charge in [-0.05, 0) is 67.5 Å². The maximum Gasteiger partial charge on any atom is 0.00629 e. The Balaban J connectivity index is 1.56. The van der Waals surface area contributed by atoms with E-state index in [0.717, 1.165) is 0 Å². The van der Waals surface area contributed by atoms with Gasteiger partial charge in [-0.3, -0.25) is 0 Å². The van der Waals surface area contributed by atoms with Crippen LogP contribution in [0.5, 0.6) is 0 Å². The monoisotopic (exact) mass is 412 g/mol. The highest BCUT2D eigenvalue weighted by atomic mass is 31.1. The van der Waals surface area contributed by atoms with E-state index in [4.69, 9.17) is 0 Å². The normalized spacial score (nSPS) is 11.8. The van der Waals surface area contributed by atoms with Gasteiger partial charge in [0.25, 0.3) is 0 Å². The fourth-order valence-electron chi connectivity index (χ4n) is 4.36. The summed E-state index contributed by atoms with van der Waals surface area (Å²) in [5.41, 5.74) is 3.93. The number of fused-ring (bicyclic) bond motifs is 2. The molecular weight excluding hydrogens is 391 g/mol. The molecule has 0 aliphatic carbocycles. The van der Waals surface area contributed by atoms with Crippen molar-refractivity contribution in [3.05, 3.63) is 127 Å². The van der Waals surface area contributed by atoms with Crippen LogP contribution >= 0.6 is 7.53 Å². The summed E-state index contributed by atoms with van der Waals surface area (Å²) < 4.78 is 0. The van der Waals surface area contributed by atoms with Crippen LogP contribution in [0.25, 0.3) is 48.8 Å². The summed E-state index contributed by atoms with van der Waals surface area (Å²) in [5, 5.41) is 7.98. The van der Waals surface area contributed by atoms with Crippen LogP contribution in [0.2, 0.25) is 0 Å². The van der Waals surface area contributed by atoms with Gasteiger partial charge in [0.2, 0.25) is 0 Å². The van der Waals surface area contributed by atoms with Gasteiger partial charge in [0.05, 0.1) is 0 Å². The minimum absolute atomic E-state index is 0.542. The summed E-state index contributed by atoms with van der Waals surface area (Å²) in [6.07, 6.45) is 0. The highest BCUT2D eigenvalue weighted by Gasteiger charge is 2.13. The summed E-state index contributed by atoms with van der Waals surface area (Å²) in [6.45, 7) is 0. The van der Waals surface area contributed by atoms with Gasteiger partial charge in [-0.1, -0.05) is 111 Å². The molecule has 0 radical (unpaired) electrons. The zero-order valence-electron chi connectivity index (χ0n) is 17.1. The van der Waals surface area contributed by atoms with Gasteiger partial charge in [-0.15, -0.1) is 0 Å². The second kappa shape index (κ2) is 7.58. The van der Waals surface area contributed by atoms with Crippen LogP contribution in [0.3, 0.4) is 0 Å². The molecule has 0 nitrogen and oxygen atoms in total. The lowest BCUT2D eigenvalue weighted by atomic mass is 10.0. The minimum Gasteiger partial charge on any atom is -0.0847 e. The van der Waals surface area contributed by atoms with Crippen molar-refractivity contribution in [2.45, 2.75) is 0 Å². The second-order valence-electron chi connectivity index (χ2n) is 7.94. The van der Waals surface area contributed by atoms with Crippen molar-refractivity contribution in [3.63, 3.8) is 0 Å². The lowest BCUT2D eigenvalue weighted by Crippen LogP contribution is -1.77. The third-order valence-electron chi connectivity index (χ3n) is 5.98. The first-order valence-electron chi connectivity index (χ1n) is 10.6. The summed E-state index contributed by atoms with van der Waals surface area (Å²) in [5.74, 6) is 2.49. The van der Waals surface area contributed by atoms with Crippen molar-refractivity contribution in [3.8, 4) is 27.3 Å². The number of benzene rings is 5. The van der Waals surface area contributed by atoms with Crippen molar-refractivity contribution in [1.82, 2.24) is 0 Å². The molecule has 0 amide bonds. The number of rotatable bonds is 3. The molecule has 0 bridgehead atoms. The number of hydrogen-bond donors (Lipinski definition) is 0. The molecule has 6 aromatic rings. The molecule has 0 saturated carbocycles. The predicted octanol–water partition coefficient (Wildman–Crippen LogP) is 9.30. The third kappa shape index (κ3) is 3.36. The van der Waals surface area contributed by atoms with Crippen LogP contribution < -0.4 is 0 Å². The van der Waals surface area contributed by atoms with Crippen LogP contribution in [0.15, 0.2) is 127 Å². The molecule has 1 unspecified atom stereocenters. The van der Waals surface area contributed by atoms with Crippen molar-refractivity contribution >= 4 is 29.1 Å². The highest BCUT2D eigenvalue weighted by Crippen LogP contribution is 2.52. The van der Waals surface area contributed by atoms with E-state index in [-0.39, 0.29) is 0 Å². The van der Waals surface area contributed by atoms with Crippen LogP contribution in [0.1, 0.15) is 0 Å². The van der Waals surface area contributed by atoms with Crippen molar-refractivity contribution in [1.29, 1.82) is 0 Å². The first kappa shape index (κ1) is 18.2. The second-order valence-corrected chi connectivity index (χ2v) is 9.94. The van der Waals surface area contributed by atoms with Crippen LogP contribution in [-0.2, 0) is 0 Å². The molecule has 0 spiro atoms. The van der Waals surface area contributed by atoms with Crippen LogP contribution in [0, 0.1) is 0 Å². The third-order valence-corrected chi connectivity index (χ3v) is 8.28. The quantitative estimate of drug-likeness (QED) is 0.272. The lowest BCUT2D eigenvalue weighted by Gasteiger charge is -2.07. The molecule has 1 atom stereocenters. The van der Waals surface area contributed by atoms with Gasteiger partial charge in [-0.25, -0.2) is 0 Å². The van der Waals surface area contributed by atoms with Gasteiger partial charge in [0.1, 0.15) is 0 Å². The Morgan fingerprint density at radius 2 is 0.935 bits per heavy atom. The van der Waals surface area contributed by atoms with Gasteiger partial charge >= 0.3 is 0 Å². The van der Waals surface area contributed by atoms with E-state index in [1.807, 2.05) is 0 Å². The molecule has 0 saturated heterocycles. The van der Waals surface area contributed by atoms with Crippen LogP contribution in [-0.4, -0.2) is 0 Å². The van der Waals surface area contributed by atoms with E-state index < -0.39 is 7.53 Å². The van der Waals surface area contributed by atoms with E-state index in [1.165, 1.54) is 48.8 Å². The first-order valence-corrected chi connectivity index (χ1v) is 12.0. The molecule has 0 fully saturated rings. The van der Waals surface area contributed by atoms with Gasteiger partial charge in [0.15, 0.2) is 0 Å². The Kier molecular flexibility index (Phi) is 4.45. The maximum absolute atomic E-state index is 2.49. The standard InChI is InChI=1S/C30H21P/c1-2-12-29(13-3-1)31-21-28(26-16-14-22-8-4-6-10-24(22)18-26)20-30(31)27-17-15-23-9-5-7-11-25(23)19-27/h1-21H. The molecule has 1 heteroatoms. The van der Waals surface area contributed by atoms with E-state index >= 15 is 0 Å². The Labute approximate surface area is 183 Å². The average Bonchev–Trinajstić information content (AvgIpc) is 3.30. The zero-order chi connectivity index (χ0) is 20.6. The Morgan fingerprint density at radius 3 is 1.61 bits per heavy atom. The molecule has 6 rings (SSSR count). The Morgan fingerprint density at radius 1 is 0.387 bits per heavy atom. The topological polar surface area (TPSA) is 0 Å². The molecule has 0 aliphatic rings. The Bertz CT molecular complexity index is 1520. The molecule has 31 heavy (non-hydrogen) atoms. The van der Waals surface area contributed by atoms with E-state index in [2.05, 4.69) is 127 Å². The molecule has 146 valence electrons. The molecule has 5 aromatic carbocycles. The van der Waals surface area contributed by atoms with Crippen molar-refractivity contribution in [2.75, 3.05) is 0 Å². The zero-order valence-corrected chi connectivity index (χ0v) is 18.0. The van der Waals surface area contributed by atoms with E-state index in [9.17, 15) is 0 Å². The van der Waals surface area contributed by atoms with Crippen LogP contribution in [0.4, 0.5) is 0 Å². The fourth-order valence-corrected chi connectivity index (χ4v) is 6.62. The minimum atomic E-state index is -0.542. The fraction of sp³-hybridized carbons (Fsp3) is 0. The van der Waals surface area contributed by atoms with Crippen molar-refractivity contribution < 1.29 is 0 Å². The summed E-state index contributed by atoms with van der Waals surface area (Å²) >= 11 is 0. The summed E-state index contributed by atoms with van der Waals surface area (Å²) in [6, 6.07) is 44.2. The van der Waals surface area contributed by atoms with Gasteiger partial charge in [-0.2, -0.15) is 0 Å². The molecule has 0 N–H and O–H groups in total. The Hall–Kier alpha value is -3.60. The highest BCUT2D eigenvalue weighted by molar-refractivity contribution is 7.59. The van der Waals surface area contributed by atoms with E-state index in [1.54, 1.807) is 0 Å². The molecular formula is C30H21P. The first-order chi connectivity index (χ1) is 15.3. The van der Waals surface area contributed by atoms with Gasteiger partial charge in [0, 0.05) is 5.30 Å². The maximum atomic E-state index is 2.49. The predicted molar refractivity (Wildman–Crippen MR) is 136 cm³/mol. The van der Waals surface area contributed by atoms with Crippen molar-refractivity contribution in [2.24, 2.45) is 0 Å².